The number of nitrogens with two attached hydrogens (primary N) is 1. The normalized spacial score (nSPS) is 11.3. The Kier molecular flexibility index (Phi) is 6.85. The average molecular weight is 390 g/mol. The van der Waals surface area contributed by atoms with Crippen LogP contribution in [0.15, 0.2) is 35.0 Å². The molecular weight excluding hydrogens is 374 g/mol. The average Bonchev–Trinajstić information content (AvgIpc) is 2.63. The molecule has 2 N–H and O–H groups in total. The lowest BCUT2D eigenvalue weighted by Gasteiger charge is -2.10. The van der Waals surface area contributed by atoms with Gasteiger partial charge in [0.15, 0.2) is 5.16 Å². The van der Waals surface area contributed by atoms with E-state index in [0.29, 0.717) is 22.8 Å². The zero-order valence-electron chi connectivity index (χ0n) is 14.6. The van der Waals surface area contributed by atoms with Gasteiger partial charge < -0.3 is 10.5 Å². The van der Waals surface area contributed by atoms with Crippen LogP contribution in [0.5, 0.6) is 5.75 Å². The van der Waals surface area contributed by atoms with Crippen molar-refractivity contribution in [2.24, 2.45) is 5.73 Å². The molecule has 1 amide bonds. The van der Waals surface area contributed by atoms with Crippen LogP contribution < -0.4 is 10.5 Å². The van der Waals surface area contributed by atoms with Crippen LogP contribution in [0, 0.1) is 18.3 Å². The number of halogens is 2. The number of carbonyl (C=O) groups is 1. The molecule has 0 radical (unpaired) electrons. The highest BCUT2D eigenvalue weighted by molar-refractivity contribution is 7.98. The molecule has 0 aliphatic rings. The van der Waals surface area contributed by atoms with E-state index in [1.54, 1.807) is 31.2 Å². The van der Waals surface area contributed by atoms with Crippen molar-refractivity contribution in [3.8, 4) is 11.8 Å². The van der Waals surface area contributed by atoms with Crippen molar-refractivity contribution >= 4 is 23.7 Å². The number of primary amides is 1. The van der Waals surface area contributed by atoms with E-state index in [0.717, 1.165) is 5.56 Å². The molecule has 0 bridgehead atoms. The molecule has 0 spiro atoms. The van der Waals surface area contributed by atoms with Gasteiger partial charge in [-0.2, -0.15) is 5.26 Å². The molecule has 0 saturated carbocycles. The second-order valence-corrected chi connectivity index (χ2v) is 6.35. The molecule has 0 atom stereocenters. The van der Waals surface area contributed by atoms with Gasteiger partial charge in [-0.3, -0.25) is 4.79 Å². The first-order chi connectivity index (χ1) is 12.8. The number of alkyl halides is 2. The Morgan fingerprint density at radius 1 is 1.41 bits per heavy atom. The number of aromatic nitrogens is 2. The van der Waals surface area contributed by atoms with Gasteiger partial charge in [-0.1, -0.05) is 17.8 Å². The van der Waals surface area contributed by atoms with E-state index in [9.17, 15) is 13.6 Å². The van der Waals surface area contributed by atoms with Crippen LogP contribution in [-0.2, 0) is 10.5 Å². The molecule has 0 aliphatic heterocycles. The van der Waals surface area contributed by atoms with Crippen molar-refractivity contribution in [2.45, 2.75) is 24.3 Å². The summed E-state index contributed by atoms with van der Waals surface area (Å²) in [5.41, 5.74) is 6.39. The maximum atomic E-state index is 12.9. The lowest BCUT2D eigenvalue weighted by molar-refractivity contribution is -0.114. The van der Waals surface area contributed by atoms with Crippen molar-refractivity contribution < 1.29 is 18.3 Å². The van der Waals surface area contributed by atoms with E-state index in [4.69, 9.17) is 15.7 Å². The van der Waals surface area contributed by atoms with Gasteiger partial charge >= 0.3 is 0 Å². The third-order valence-corrected chi connectivity index (χ3v) is 4.33. The zero-order valence-corrected chi connectivity index (χ0v) is 15.4. The van der Waals surface area contributed by atoms with Gasteiger partial charge in [0.2, 0.25) is 0 Å². The van der Waals surface area contributed by atoms with Gasteiger partial charge in [0.05, 0.1) is 7.11 Å². The van der Waals surface area contributed by atoms with Crippen LogP contribution >= 0.6 is 11.8 Å². The summed E-state index contributed by atoms with van der Waals surface area (Å²) in [6.45, 7) is 1.62. The highest BCUT2D eigenvalue weighted by Gasteiger charge is 2.13. The number of nitriles is 1. The summed E-state index contributed by atoms with van der Waals surface area (Å²) >= 11 is 1.18. The molecule has 6 nitrogen and oxygen atoms in total. The van der Waals surface area contributed by atoms with Crippen LogP contribution in [0.3, 0.4) is 0 Å². The van der Waals surface area contributed by atoms with E-state index >= 15 is 0 Å². The van der Waals surface area contributed by atoms with E-state index in [1.165, 1.54) is 31.0 Å². The molecule has 9 heteroatoms. The number of ether oxygens (including phenoxy) is 1. The smallest absolute Gasteiger partial charge is 0.280 e. The third-order valence-electron chi connectivity index (χ3n) is 3.44. The number of hydrogen-bond donors (Lipinski definition) is 1. The molecule has 1 heterocycles. The van der Waals surface area contributed by atoms with E-state index in [1.807, 2.05) is 0 Å². The fourth-order valence-corrected chi connectivity index (χ4v) is 3.10. The number of methoxy groups -OCH3 is 1. The zero-order chi connectivity index (χ0) is 20.0. The van der Waals surface area contributed by atoms with E-state index < -0.39 is 12.3 Å². The van der Waals surface area contributed by atoms with Crippen LogP contribution in [-0.4, -0.2) is 23.0 Å². The Bertz CT molecular complexity index is 926. The molecule has 0 saturated heterocycles. The summed E-state index contributed by atoms with van der Waals surface area (Å²) in [7, 11) is 1.50. The summed E-state index contributed by atoms with van der Waals surface area (Å²) in [4.78, 5) is 19.2. The maximum absolute atomic E-state index is 12.9. The van der Waals surface area contributed by atoms with Gasteiger partial charge in [-0.05, 0) is 36.8 Å². The topological polar surface area (TPSA) is 102 Å². The molecule has 1 aromatic heterocycles. The van der Waals surface area contributed by atoms with Crippen molar-refractivity contribution in [1.82, 2.24) is 9.97 Å². The van der Waals surface area contributed by atoms with E-state index in [-0.39, 0.29) is 16.4 Å². The van der Waals surface area contributed by atoms with Crippen molar-refractivity contribution in [1.29, 1.82) is 5.26 Å². The molecule has 0 unspecified atom stereocenters. The van der Waals surface area contributed by atoms with Gasteiger partial charge in [-0.15, -0.1) is 0 Å². The summed E-state index contributed by atoms with van der Waals surface area (Å²) in [6, 6.07) is 8.05. The molecule has 27 heavy (non-hydrogen) atoms. The lowest BCUT2D eigenvalue weighted by Crippen LogP contribution is -2.12. The number of hydrogen-bond acceptors (Lipinski definition) is 6. The SMILES string of the molecule is COc1ccc(C=C(C#N)C(N)=O)cc1CSc1nc(C)cc(C(F)F)n1. The number of nitrogens with zero attached hydrogens (tertiary/aromatic N) is 3. The predicted octanol–water partition coefficient (Wildman–Crippen LogP) is 3.42. The van der Waals surface area contributed by atoms with Gasteiger partial charge in [-0.25, -0.2) is 18.7 Å². The Hall–Kier alpha value is -2.99. The fourth-order valence-electron chi connectivity index (χ4n) is 2.21. The summed E-state index contributed by atoms with van der Waals surface area (Å²) in [6.07, 6.45) is -1.30. The number of rotatable bonds is 7. The summed E-state index contributed by atoms with van der Waals surface area (Å²) in [5, 5.41) is 9.18. The number of benzene rings is 1. The van der Waals surface area contributed by atoms with Crippen LogP contribution in [0.25, 0.3) is 6.08 Å². The molecular formula is C18H16F2N4O2S. The second kappa shape index (κ2) is 9.09. The first kappa shape index (κ1) is 20.3. The Morgan fingerprint density at radius 2 is 2.15 bits per heavy atom. The van der Waals surface area contributed by atoms with E-state index in [2.05, 4.69) is 9.97 Å². The van der Waals surface area contributed by atoms with Crippen LogP contribution in [0.1, 0.15) is 28.9 Å². The molecule has 2 rings (SSSR count). The fraction of sp³-hybridized carbons (Fsp3) is 0.222. The Balaban J connectivity index is 2.29. The maximum Gasteiger partial charge on any atom is 0.280 e. The summed E-state index contributed by atoms with van der Waals surface area (Å²) in [5.74, 6) is 0.0889. The summed E-state index contributed by atoms with van der Waals surface area (Å²) < 4.78 is 31.1. The Morgan fingerprint density at radius 3 is 2.74 bits per heavy atom. The second-order valence-electron chi connectivity index (χ2n) is 5.41. The monoisotopic (exact) mass is 390 g/mol. The quantitative estimate of drug-likeness (QED) is 0.336. The molecule has 1 aromatic carbocycles. The molecule has 0 fully saturated rings. The van der Waals surface area contributed by atoms with Crippen molar-refractivity contribution in [2.75, 3.05) is 7.11 Å². The minimum atomic E-state index is -2.67. The first-order valence-electron chi connectivity index (χ1n) is 7.69. The standard InChI is InChI=1S/C18H16F2N4O2S/c1-10-5-14(16(19)20)24-18(23-10)27-9-13-7-11(3-4-15(13)26-2)6-12(8-21)17(22)25/h3-7,16H,9H2,1-2H3,(H2,22,25). The lowest BCUT2D eigenvalue weighted by atomic mass is 10.1. The minimum Gasteiger partial charge on any atom is -0.496 e. The first-order valence-corrected chi connectivity index (χ1v) is 8.67. The van der Waals surface area contributed by atoms with Crippen LogP contribution in [0.2, 0.25) is 0 Å². The van der Waals surface area contributed by atoms with Gasteiger partial charge in [0.25, 0.3) is 12.3 Å². The van der Waals surface area contributed by atoms with Gasteiger partial charge in [0, 0.05) is 17.0 Å². The molecule has 0 aliphatic carbocycles. The molecule has 2 aromatic rings. The number of thioether (sulfide) groups is 1. The largest absolute Gasteiger partial charge is 0.496 e. The van der Waals surface area contributed by atoms with Crippen molar-refractivity contribution in [3.05, 3.63) is 52.4 Å². The molecule has 140 valence electrons. The Labute approximate surface area is 159 Å². The predicted molar refractivity (Wildman–Crippen MR) is 97.1 cm³/mol. The third kappa shape index (κ3) is 5.49. The number of aryl methyl sites for hydroxylation is 1. The van der Waals surface area contributed by atoms with Crippen molar-refractivity contribution in [3.63, 3.8) is 0 Å². The van der Waals surface area contributed by atoms with Crippen LogP contribution in [0.4, 0.5) is 8.78 Å². The highest BCUT2D eigenvalue weighted by atomic mass is 32.2. The number of carbonyl (C=O) groups excluding carboxylic acids is 1. The number of amides is 1. The minimum absolute atomic E-state index is 0.178. The highest BCUT2D eigenvalue weighted by Crippen LogP contribution is 2.29. The van der Waals surface area contributed by atoms with Gasteiger partial charge in [0.1, 0.15) is 23.1 Å².